The fourth-order valence-corrected chi connectivity index (χ4v) is 2.96. The van der Waals surface area contributed by atoms with Crippen molar-refractivity contribution < 1.29 is 14.3 Å². The van der Waals surface area contributed by atoms with Gasteiger partial charge in [-0.3, -0.25) is 4.79 Å². The van der Waals surface area contributed by atoms with Crippen LogP contribution in [0.5, 0.6) is 0 Å². The molecule has 3 rings (SSSR count). The van der Waals surface area contributed by atoms with Crippen molar-refractivity contribution in [1.82, 2.24) is 19.6 Å². The zero-order chi connectivity index (χ0) is 18.7. The molecule has 0 atom stereocenters. The first-order valence-corrected chi connectivity index (χ1v) is 8.77. The summed E-state index contributed by atoms with van der Waals surface area (Å²) in [6.45, 7) is 3.82. The van der Waals surface area contributed by atoms with Crippen molar-refractivity contribution in [3.63, 3.8) is 0 Å². The maximum absolute atomic E-state index is 12.1. The molecule has 0 spiro atoms. The van der Waals surface area contributed by atoms with Gasteiger partial charge in [-0.15, -0.1) is 5.10 Å². The number of esters is 1. The first-order valence-electron chi connectivity index (χ1n) is 7.78. The molecule has 0 saturated heterocycles. The number of aryl methyl sites for hydroxylation is 2. The molecular formula is C17H17N5O3S. The predicted molar refractivity (Wildman–Crippen MR) is 97.4 cm³/mol. The Kier molecular flexibility index (Phi) is 5.17. The van der Waals surface area contributed by atoms with Gasteiger partial charge in [-0.05, 0) is 44.2 Å². The lowest BCUT2D eigenvalue weighted by atomic mass is 10.2. The second kappa shape index (κ2) is 7.52. The van der Waals surface area contributed by atoms with E-state index in [9.17, 15) is 9.59 Å². The number of carbonyl (C=O) groups excluding carboxylic acids is 2. The van der Waals surface area contributed by atoms with Crippen molar-refractivity contribution in [3.05, 3.63) is 47.3 Å². The van der Waals surface area contributed by atoms with Crippen LogP contribution in [0.4, 0.5) is 5.69 Å². The second-order valence-electron chi connectivity index (χ2n) is 5.55. The summed E-state index contributed by atoms with van der Waals surface area (Å²) in [5, 5.41) is 7.60. The molecule has 1 N–H and O–H groups in total. The van der Waals surface area contributed by atoms with Crippen molar-refractivity contribution >= 4 is 35.1 Å². The highest BCUT2D eigenvalue weighted by molar-refractivity contribution is 7.99. The maximum Gasteiger partial charge on any atom is 0.337 e. The first kappa shape index (κ1) is 17.9. The summed E-state index contributed by atoms with van der Waals surface area (Å²) in [6, 6.07) is 8.40. The van der Waals surface area contributed by atoms with Crippen LogP contribution in [0, 0.1) is 13.8 Å². The fraction of sp³-hybridized carbons (Fsp3) is 0.235. The Morgan fingerprint density at radius 2 is 1.92 bits per heavy atom. The van der Waals surface area contributed by atoms with Gasteiger partial charge < -0.3 is 10.1 Å². The summed E-state index contributed by atoms with van der Waals surface area (Å²) in [6.07, 6.45) is 0. The first-order chi connectivity index (χ1) is 12.5. The molecule has 26 heavy (non-hydrogen) atoms. The van der Waals surface area contributed by atoms with Gasteiger partial charge in [0.25, 0.3) is 5.78 Å². The van der Waals surface area contributed by atoms with E-state index in [0.717, 1.165) is 11.4 Å². The van der Waals surface area contributed by atoms with E-state index in [-0.39, 0.29) is 11.7 Å². The van der Waals surface area contributed by atoms with Crippen molar-refractivity contribution in [2.75, 3.05) is 18.2 Å². The van der Waals surface area contributed by atoms with Crippen LogP contribution in [0.3, 0.4) is 0 Å². The number of methoxy groups -OCH3 is 1. The molecule has 0 aliphatic rings. The lowest BCUT2D eigenvalue weighted by Crippen LogP contribution is -2.14. The van der Waals surface area contributed by atoms with Crippen LogP contribution < -0.4 is 5.32 Å². The zero-order valence-electron chi connectivity index (χ0n) is 14.5. The third kappa shape index (κ3) is 3.99. The van der Waals surface area contributed by atoms with Gasteiger partial charge in [0.05, 0.1) is 18.4 Å². The van der Waals surface area contributed by atoms with Gasteiger partial charge in [0.2, 0.25) is 11.1 Å². The summed E-state index contributed by atoms with van der Waals surface area (Å²) in [7, 11) is 1.32. The molecule has 3 aromatic rings. The number of thioether (sulfide) groups is 1. The Hall–Kier alpha value is -2.94. The predicted octanol–water partition coefficient (Wildman–Crippen LogP) is 2.26. The van der Waals surface area contributed by atoms with Gasteiger partial charge in [0.15, 0.2) is 0 Å². The molecule has 1 amide bonds. The highest BCUT2D eigenvalue weighted by Gasteiger charge is 2.11. The second-order valence-corrected chi connectivity index (χ2v) is 6.49. The van der Waals surface area contributed by atoms with E-state index in [4.69, 9.17) is 0 Å². The van der Waals surface area contributed by atoms with E-state index in [0.29, 0.717) is 22.2 Å². The molecule has 9 heteroatoms. The smallest absolute Gasteiger partial charge is 0.337 e. The minimum atomic E-state index is -0.421. The largest absolute Gasteiger partial charge is 0.465 e. The number of aromatic nitrogens is 4. The monoisotopic (exact) mass is 371 g/mol. The average Bonchev–Trinajstić information content (AvgIpc) is 3.03. The van der Waals surface area contributed by atoms with Crippen LogP contribution in [0.2, 0.25) is 0 Å². The molecule has 8 nitrogen and oxygen atoms in total. The molecule has 0 saturated carbocycles. The zero-order valence-corrected chi connectivity index (χ0v) is 15.3. The van der Waals surface area contributed by atoms with Gasteiger partial charge >= 0.3 is 5.97 Å². The minimum absolute atomic E-state index is 0.160. The van der Waals surface area contributed by atoms with E-state index >= 15 is 0 Å². The lowest BCUT2D eigenvalue weighted by molar-refractivity contribution is -0.113. The van der Waals surface area contributed by atoms with E-state index in [1.54, 1.807) is 28.8 Å². The standard InChI is InChI=1S/C17H17N5O3S/c1-10-8-11(2)22-16(18-10)20-17(21-22)26-9-14(23)19-13-6-4-12(5-7-13)15(24)25-3/h4-8H,9H2,1-3H3,(H,19,23). The van der Waals surface area contributed by atoms with Crippen molar-refractivity contribution in [2.24, 2.45) is 0 Å². The number of carbonyl (C=O) groups is 2. The number of hydrogen-bond acceptors (Lipinski definition) is 7. The Morgan fingerprint density at radius 3 is 2.62 bits per heavy atom. The number of amides is 1. The van der Waals surface area contributed by atoms with Gasteiger partial charge in [-0.1, -0.05) is 11.8 Å². The van der Waals surface area contributed by atoms with Crippen LogP contribution >= 0.6 is 11.8 Å². The van der Waals surface area contributed by atoms with Crippen LogP contribution in [-0.2, 0) is 9.53 Å². The lowest BCUT2D eigenvalue weighted by Gasteiger charge is -2.05. The van der Waals surface area contributed by atoms with E-state index < -0.39 is 5.97 Å². The summed E-state index contributed by atoms with van der Waals surface area (Å²) < 4.78 is 6.29. The number of anilines is 1. The summed E-state index contributed by atoms with van der Waals surface area (Å²) in [5.41, 5.74) is 2.82. The third-order valence-corrected chi connectivity index (χ3v) is 4.36. The number of fused-ring (bicyclic) bond motifs is 1. The topological polar surface area (TPSA) is 98.5 Å². The molecule has 0 aliphatic carbocycles. The Bertz CT molecular complexity index is 968. The van der Waals surface area contributed by atoms with E-state index in [1.165, 1.54) is 18.9 Å². The fourth-order valence-electron chi connectivity index (χ4n) is 2.34. The van der Waals surface area contributed by atoms with Crippen molar-refractivity contribution in [1.29, 1.82) is 0 Å². The van der Waals surface area contributed by atoms with Gasteiger partial charge in [0, 0.05) is 17.1 Å². The van der Waals surface area contributed by atoms with Crippen LogP contribution in [0.1, 0.15) is 21.7 Å². The molecule has 0 bridgehead atoms. The third-order valence-electron chi connectivity index (χ3n) is 3.52. The van der Waals surface area contributed by atoms with E-state index in [1.807, 2.05) is 19.9 Å². The van der Waals surface area contributed by atoms with Crippen LogP contribution in [0.15, 0.2) is 35.5 Å². The molecule has 2 heterocycles. The van der Waals surface area contributed by atoms with Crippen molar-refractivity contribution in [3.8, 4) is 0 Å². The number of benzene rings is 1. The number of nitrogens with zero attached hydrogens (tertiary/aromatic N) is 4. The maximum atomic E-state index is 12.1. The van der Waals surface area contributed by atoms with Gasteiger partial charge in [0.1, 0.15) is 0 Å². The van der Waals surface area contributed by atoms with Crippen LogP contribution in [0.25, 0.3) is 5.78 Å². The van der Waals surface area contributed by atoms with Gasteiger partial charge in [-0.25, -0.2) is 14.3 Å². The number of ether oxygens (including phenoxy) is 1. The van der Waals surface area contributed by atoms with Crippen molar-refractivity contribution in [2.45, 2.75) is 19.0 Å². The summed E-state index contributed by atoms with van der Waals surface area (Å²) in [5.74, 6) is 0.0630. The number of rotatable bonds is 5. The number of nitrogens with one attached hydrogen (secondary N) is 1. The molecule has 1 aromatic carbocycles. The normalized spacial score (nSPS) is 10.7. The van der Waals surface area contributed by atoms with Crippen LogP contribution in [-0.4, -0.2) is 44.3 Å². The molecule has 0 radical (unpaired) electrons. The Balaban J connectivity index is 1.60. The summed E-state index contributed by atoms with van der Waals surface area (Å²) >= 11 is 1.23. The SMILES string of the molecule is COC(=O)c1ccc(NC(=O)CSc2nc3nc(C)cc(C)n3n2)cc1. The molecular weight excluding hydrogens is 354 g/mol. The molecule has 134 valence electrons. The molecule has 0 aliphatic heterocycles. The van der Waals surface area contributed by atoms with E-state index in [2.05, 4.69) is 25.1 Å². The molecule has 0 fully saturated rings. The highest BCUT2D eigenvalue weighted by atomic mass is 32.2. The molecule has 2 aromatic heterocycles. The molecule has 0 unspecified atom stereocenters. The highest BCUT2D eigenvalue weighted by Crippen LogP contribution is 2.16. The Morgan fingerprint density at radius 1 is 1.19 bits per heavy atom. The Labute approximate surface area is 154 Å². The van der Waals surface area contributed by atoms with Gasteiger partial charge in [-0.2, -0.15) is 4.98 Å². The quantitative estimate of drug-likeness (QED) is 0.542. The number of hydrogen-bond donors (Lipinski definition) is 1. The summed E-state index contributed by atoms with van der Waals surface area (Å²) in [4.78, 5) is 32.1. The average molecular weight is 371 g/mol. The minimum Gasteiger partial charge on any atom is -0.465 e.